The molecule has 0 rings (SSSR count). The van der Waals surface area contributed by atoms with Crippen LogP contribution >= 0.6 is 0 Å². The molecule has 0 saturated carbocycles. The van der Waals surface area contributed by atoms with Crippen molar-refractivity contribution in [2.75, 3.05) is 6.54 Å². The Morgan fingerprint density at radius 2 is 1.93 bits per heavy atom. The Kier molecular flexibility index (Phi) is 5.28. The zero-order valence-corrected chi connectivity index (χ0v) is 9.76. The number of carbonyl (C=O) groups excluding carboxylic acids is 1. The van der Waals surface area contributed by atoms with Gasteiger partial charge in [-0.05, 0) is 27.2 Å². The van der Waals surface area contributed by atoms with Crippen LogP contribution in [0.4, 0.5) is 0 Å². The molecule has 0 aliphatic rings. The Bertz CT molecular complexity index is 239. The maximum Gasteiger partial charge on any atom is 0.320 e. The minimum Gasteiger partial charge on any atom is -0.480 e. The minimum absolute atomic E-state index is 0.0247. The molecule has 3 N–H and O–H groups in total. The molecule has 1 amide bonds. The highest BCUT2D eigenvalue weighted by Crippen LogP contribution is 2.05. The van der Waals surface area contributed by atoms with Crippen LogP contribution in [0.5, 0.6) is 0 Å². The largest absolute Gasteiger partial charge is 0.480 e. The summed E-state index contributed by atoms with van der Waals surface area (Å²) in [5, 5.41) is 14.0. The first-order chi connectivity index (χ1) is 6.78. The van der Waals surface area contributed by atoms with E-state index in [1.54, 1.807) is 0 Å². The number of carboxylic acid groups (broad SMARTS) is 1. The fourth-order valence-corrected chi connectivity index (χ4v) is 0.843. The molecule has 88 valence electrons. The summed E-state index contributed by atoms with van der Waals surface area (Å²) in [6.45, 7) is 7.35. The van der Waals surface area contributed by atoms with Crippen molar-refractivity contribution in [1.82, 2.24) is 10.6 Å². The van der Waals surface area contributed by atoms with E-state index in [0.29, 0.717) is 0 Å². The normalized spacial score (nSPS) is 13.3. The van der Waals surface area contributed by atoms with E-state index in [0.717, 1.165) is 6.42 Å². The maximum atomic E-state index is 11.4. The predicted octanol–water partition coefficient (Wildman–Crippen LogP) is 0.354. The van der Waals surface area contributed by atoms with Gasteiger partial charge in [-0.15, -0.1) is 0 Å². The van der Waals surface area contributed by atoms with Crippen LogP contribution in [-0.4, -0.2) is 35.1 Å². The molecular formula is C10H20N2O3. The van der Waals surface area contributed by atoms with Crippen molar-refractivity contribution in [1.29, 1.82) is 0 Å². The van der Waals surface area contributed by atoms with Gasteiger partial charge < -0.3 is 10.4 Å². The lowest BCUT2D eigenvalue weighted by atomic mass is 10.0. The van der Waals surface area contributed by atoms with Crippen molar-refractivity contribution in [2.45, 2.75) is 45.7 Å². The molecule has 5 heteroatoms. The van der Waals surface area contributed by atoms with E-state index in [1.165, 1.54) is 6.92 Å². The smallest absolute Gasteiger partial charge is 0.320 e. The molecule has 0 bridgehead atoms. The first kappa shape index (κ1) is 13.9. The number of nitrogens with one attached hydrogen (secondary N) is 2. The first-order valence-corrected chi connectivity index (χ1v) is 5.05. The number of hydrogen-bond acceptors (Lipinski definition) is 3. The van der Waals surface area contributed by atoms with Gasteiger partial charge in [0.15, 0.2) is 0 Å². The van der Waals surface area contributed by atoms with E-state index in [-0.39, 0.29) is 18.0 Å². The van der Waals surface area contributed by atoms with Crippen molar-refractivity contribution in [3.8, 4) is 0 Å². The topological polar surface area (TPSA) is 78.4 Å². The highest BCUT2D eigenvalue weighted by Gasteiger charge is 2.18. The van der Waals surface area contributed by atoms with Gasteiger partial charge in [-0.1, -0.05) is 6.92 Å². The van der Waals surface area contributed by atoms with E-state index in [1.807, 2.05) is 20.8 Å². The molecule has 0 unspecified atom stereocenters. The second-order valence-corrected chi connectivity index (χ2v) is 4.23. The van der Waals surface area contributed by atoms with E-state index in [9.17, 15) is 9.59 Å². The average Bonchev–Trinajstić information content (AvgIpc) is 2.13. The molecule has 0 aromatic carbocycles. The van der Waals surface area contributed by atoms with Crippen molar-refractivity contribution in [3.63, 3.8) is 0 Å². The molecule has 0 spiro atoms. The molecule has 0 radical (unpaired) electrons. The van der Waals surface area contributed by atoms with E-state index < -0.39 is 12.0 Å². The summed E-state index contributed by atoms with van der Waals surface area (Å²) in [5.41, 5.74) is -0.245. The third-order valence-corrected chi connectivity index (χ3v) is 2.30. The van der Waals surface area contributed by atoms with Gasteiger partial charge in [0.1, 0.15) is 6.04 Å². The monoisotopic (exact) mass is 216 g/mol. The van der Waals surface area contributed by atoms with Gasteiger partial charge in [0.2, 0.25) is 5.91 Å². The zero-order valence-electron chi connectivity index (χ0n) is 9.76. The molecular weight excluding hydrogens is 196 g/mol. The van der Waals surface area contributed by atoms with Crippen LogP contribution in [0.25, 0.3) is 0 Å². The van der Waals surface area contributed by atoms with Crippen molar-refractivity contribution in [3.05, 3.63) is 0 Å². The molecule has 0 aliphatic carbocycles. The molecule has 0 aromatic heterocycles. The Hall–Kier alpha value is -1.10. The summed E-state index contributed by atoms with van der Waals surface area (Å²) in [6.07, 6.45) is 0.827. The third kappa shape index (κ3) is 6.06. The van der Waals surface area contributed by atoms with Crippen LogP contribution < -0.4 is 10.6 Å². The zero-order chi connectivity index (χ0) is 12.1. The summed E-state index contributed by atoms with van der Waals surface area (Å²) in [7, 11) is 0. The van der Waals surface area contributed by atoms with Crippen LogP contribution in [-0.2, 0) is 9.59 Å². The van der Waals surface area contributed by atoms with Crippen LogP contribution in [0.15, 0.2) is 0 Å². The van der Waals surface area contributed by atoms with E-state index in [4.69, 9.17) is 5.11 Å². The van der Waals surface area contributed by atoms with Gasteiger partial charge in [0.05, 0.1) is 6.54 Å². The number of carbonyl (C=O) groups is 2. The Labute approximate surface area is 90.2 Å². The highest BCUT2D eigenvalue weighted by molar-refractivity contribution is 5.80. The summed E-state index contributed by atoms with van der Waals surface area (Å²) >= 11 is 0. The Morgan fingerprint density at radius 3 is 2.33 bits per heavy atom. The second kappa shape index (κ2) is 5.70. The SMILES string of the molecule is CCC(C)(C)NC(=O)CN[C@@H](C)C(=O)O. The van der Waals surface area contributed by atoms with Crippen LogP contribution in [0.1, 0.15) is 34.1 Å². The molecule has 0 heterocycles. The Balaban J connectivity index is 3.91. The average molecular weight is 216 g/mol. The third-order valence-electron chi connectivity index (χ3n) is 2.30. The van der Waals surface area contributed by atoms with E-state index >= 15 is 0 Å². The van der Waals surface area contributed by atoms with Crippen molar-refractivity contribution in [2.24, 2.45) is 0 Å². The lowest BCUT2D eigenvalue weighted by Crippen LogP contribution is -2.48. The summed E-state index contributed by atoms with van der Waals surface area (Å²) in [5.74, 6) is -1.15. The fraction of sp³-hybridized carbons (Fsp3) is 0.800. The van der Waals surface area contributed by atoms with Gasteiger partial charge in [0, 0.05) is 5.54 Å². The van der Waals surface area contributed by atoms with Crippen LogP contribution in [0, 0.1) is 0 Å². The maximum absolute atomic E-state index is 11.4. The number of amides is 1. The lowest BCUT2D eigenvalue weighted by molar-refractivity contribution is -0.139. The minimum atomic E-state index is -0.961. The number of rotatable bonds is 6. The van der Waals surface area contributed by atoms with Gasteiger partial charge in [-0.3, -0.25) is 14.9 Å². The van der Waals surface area contributed by atoms with Crippen molar-refractivity contribution >= 4 is 11.9 Å². The standard InChI is InChI=1S/C10H20N2O3/c1-5-10(3,4)12-8(13)6-11-7(2)9(14)15/h7,11H,5-6H2,1-4H3,(H,12,13)(H,14,15)/t7-/m0/s1. The Morgan fingerprint density at radius 1 is 1.40 bits per heavy atom. The van der Waals surface area contributed by atoms with Gasteiger partial charge in [-0.2, -0.15) is 0 Å². The van der Waals surface area contributed by atoms with Crippen LogP contribution in [0.3, 0.4) is 0 Å². The molecule has 15 heavy (non-hydrogen) atoms. The number of carboxylic acids is 1. The summed E-state index contributed by atoms with van der Waals surface area (Å²) in [6, 6.07) is -0.708. The van der Waals surface area contributed by atoms with Gasteiger partial charge >= 0.3 is 5.97 Å². The molecule has 1 atom stereocenters. The predicted molar refractivity (Wildman–Crippen MR) is 57.6 cm³/mol. The van der Waals surface area contributed by atoms with Gasteiger partial charge in [0.25, 0.3) is 0 Å². The first-order valence-electron chi connectivity index (χ1n) is 5.05. The van der Waals surface area contributed by atoms with Crippen LogP contribution in [0.2, 0.25) is 0 Å². The second-order valence-electron chi connectivity index (χ2n) is 4.23. The highest BCUT2D eigenvalue weighted by atomic mass is 16.4. The lowest BCUT2D eigenvalue weighted by Gasteiger charge is -2.24. The summed E-state index contributed by atoms with van der Waals surface area (Å²) in [4.78, 5) is 21.8. The molecule has 5 nitrogen and oxygen atoms in total. The van der Waals surface area contributed by atoms with Gasteiger partial charge in [-0.25, -0.2) is 0 Å². The van der Waals surface area contributed by atoms with E-state index in [2.05, 4.69) is 10.6 Å². The fourth-order valence-electron chi connectivity index (χ4n) is 0.843. The number of hydrogen-bond donors (Lipinski definition) is 3. The molecule has 0 saturated heterocycles. The molecule has 0 aliphatic heterocycles. The molecule has 0 fully saturated rings. The van der Waals surface area contributed by atoms with Crippen molar-refractivity contribution < 1.29 is 14.7 Å². The number of aliphatic carboxylic acids is 1. The summed E-state index contributed by atoms with van der Waals surface area (Å²) < 4.78 is 0. The quantitative estimate of drug-likeness (QED) is 0.599. The molecule has 0 aromatic rings.